The topological polar surface area (TPSA) is 32.3 Å². The molecule has 2 nitrogen and oxygen atoms in total. The van der Waals surface area contributed by atoms with E-state index >= 15 is 0 Å². The average Bonchev–Trinajstić information content (AvgIpc) is 2.35. The number of fused-ring (bicyclic) bond motifs is 1. The minimum Gasteiger partial charge on any atom is -0.387 e. The number of rotatable bonds is 4. The second-order valence-electron chi connectivity index (χ2n) is 4.65. The van der Waals surface area contributed by atoms with E-state index in [-0.39, 0.29) is 0 Å². The third-order valence-corrected chi connectivity index (χ3v) is 2.90. The molecule has 2 N–H and O–H groups in total. The summed E-state index contributed by atoms with van der Waals surface area (Å²) in [4.78, 5) is 0. The van der Waals surface area contributed by atoms with E-state index in [1.165, 1.54) is 5.39 Å². The Bertz CT molecular complexity index is 488. The molecule has 2 aromatic rings. The molecule has 0 aromatic heterocycles. The molecule has 0 amide bonds. The van der Waals surface area contributed by atoms with Crippen LogP contribution in [0.3, 0.4) is 0 Å². The first-order valence-corrected chi connectivity index (χ1v) is 6.07. The Morgan fingerprint density at radius 3 is 2.53 bits per heavy atom. The summed E-state index contributed by atoms with van der Waals surface area (Å²) in [6, 6.07) is 14.6. The van der Waals surface area contributed by atoms with Crippen LogP contribution in [0.25, 0.3) is 10.8 Å². The SMILES string of the molecule is CC(C)NC[C@H](O)c1cccc2ccccc12. The smallest absolute Gasteiger partial charge is 0.0920 e. The van der Waals surface area contributed by atoms with Gasteiger partial charge in [-0.3, -0.25) is 0 Å². The Labute approximate surface area is 102 Å². The summed E-state index contributed by atoms with van der Waals surface area (Å²) in [5.74, 6) is 0. The van der Waals surface area contributed by atoms with E-state index in [2.05, 4.69) is 37.4 Å². The molecule has 0 unspecified atom stereocenters. The summed E-state index contributed by atoms with van der Waals surface area (Å²) >= 11 is 0. The fraction of sp³-hybridized carbons (Fsp3) is 0.333. The summed E-state index contributed by atoms with van der Waals surface area (Å²) in [5, 5.41) is 15.8. The number of hydrogen-bond acceptors (Lipinski definition) is 2. The van der Waals surface area contributed by atoms with Gasteiger partial charge in [-0.1, -0.05) is 56.3 Å². The minimum atomic E-state index is -0.455. The van der Waals surface area contributed by atoms with Crippen molar-refractivity contribution in [3.05, 3.63) is 48.0 Å². The van der Waals surface area contributed by atoms with Gasteiger partial charge in [-0.15, -0.1) is 0 Å². The van der Waals surface area contributed by atoms with Gasteiger partial charge in [-0.25, -0.2) is 0 Å². The predicted octanol–water partition coefficient (Wildman–Crippen LogP) is 2.87. The summed E-state index contributed by atoms with van der Waals surface area (Å²) in [6.45, 7) is 4.75. The van der Waals surface area contributed by atoms with Crippen molar-refractivity contribution in [2.45, 2.75) is 26.0 Å². The zero-order valence-corrected chi connectivity index (χ0v) is 10.4. The van der Waals surface area contributed by atoms with Gasteiger partial charge in [-0.05, 0) is 16.3 Å². The average molecular weight is 229 g/mol. The predicted molar refractivity (Wildman–Crippen MR) is 72.0 cm³/mol. The van der Waals surface area contributed by atoms with Crippen molar-refractivity contribution in [3.8, 4) is 0 Å². The molecule has 90 valence electrons. The van der Waals surface area contributed by atoms with E-state index in [0.29, 0.717) is 12.6 Å². The van der Waals surface area contributed by atoms with Gasteiger partial charge in [0.2, 0.25) is 0 Å². The molecule has 0 radical (unpaired) electrons. The lowest BCUT2D eigenvalue weighted by Gasteiger charge is -2.16. The molecule has 17 heavy (non-hydrogen) atoms. The first kappa shape index (κ1) is 12.1. The van der Waals surface area contributed by atoms with Crippen molar-refractivity contribution in [1.82, 2.24) is 5.32 Å². The Morgan fingerprint density at radius 2 is 1.76 bits per heavy atom. The lowest BCUT2D eigenvalue weighted by atomic mass is 10.0. The zero-order chi connectivity index (χ0) is 12.3. The van der Waals surface area contributed by atoms with Crippen LogP contribution in [0.15, 0.2) is 42.5 Å². The summed E-state index contributed by atoms with van der Waals surface area (Å²) < 4.78 is 0. The van der Waals surface area contributed by atoms with E-state index in [4.69, 9.17) is 0 Å². The normalized spacial score (nSPS) is 13.2. The molecule has 0 fully saturated rings. The fourth-order valence-electron chi connectivity index (χ4n) is 2.00. The Kier molecular flexibility index (Phi) is 3.77. The van der Waals surface area contributed by atoms with Crippen LogP contribution >= 0.6 is 0 Å². The summed E-state index contributed by atoms with van der Waals surface area (Å²) in [5.41, 5.74) is 0.997. The number of aliphatic hydroxyl groups excluding tert-OH is 1. The highest BCUT2D eigenvalue weighted by molar-refractivity contribution is 5.85. The van der Waals surface area contributed by atoms with Gasteiger partial charge in [-0.2, -0.15) is 0 Å². The van der Waals surface area contributed by atoms with Crippen LogP contribution in [0.4, 0.5) is 0 Å². The third kappa shape index (κ3) is 2.84. The van der Waals surface area contributed by atoms with Gasteiger partial charge < -0.3 is 10.4 Å². The van der Waals surface area contributed by atoms with Gasteiger partial charge in [0.1, 0.15) is 0 Å². The van der Waals surface area contributed by atoms with Crippen molar-refractivity contribution in [2.75, 3.05) is 6.54 Å². The van der Waals surface area contributed by atoms with Crippen LogP contribution in [0.1, 0.15) is 25.5 Å². The number of hydrogen-bond donors (Lipinski definition) is 2. The Balaban J connectivity index is 2.28. The number of benzene rings is 2. The maximum atomic E-state index is 10.2. The molecule has 1 atom stereocenters. The second-order valence-corrected chi connectivity index (χ2v) is 4.65. The van der Waals surface area contributed by atoms with E-state index in [0.717, 1.165) is 10.9 Å². The van der Waals surface area contributed by atoms with Gasteiger partial charge in [0.25, 0.3) is 0 Å². The van der Waals surface area contributed by atoms with Crippen LogP contribution in [0, 0.1) is 0 Å². The quantitative estimate of drug-likeness (QED) is 0.845. The summed E-state index contributed by atoms with van der Waals surface area (Å²) in [6.07, 6.45) is -0.455. The van der Waals surface area contributed by atoms with E-state index < -0.39 is 6.10 Å². The minimum absolute atomic E-state index is 0.389. The molecule has 0 saturated carbocycles. The highest BCUT2D eigenvalue weighted by atomic mass is 16.3. The van der Waals surface area contributed by atoms with E-state index in [1.54, 1.807) is 0 Å². The van der Waals surface area contributed by atoms with Crippen LogP contribution in [0.5, 0.6) is 0 Å². The highest BCUT2D eigenvalue weighted by Gasteiger charge is 2.10. The van der Waals surface area contributed by atoms with Crippen molar-refractivity contribution >= 4 is 10.8 Å². The van der Waals surface area contributed by atoms with E-state index in [9.17, 15) is 5.11 Å². The van der Waals surface area contributed by atoms with Gasteiger partial charge in [0.05, 0.1) is 6.10 Å². The fourth-order valence-corrected chi connectivity index (χ4v) is 2.00. The molecule has 0 aliphatic carbocycles. The number of nitrogens with one attached hydrogen (secondary N) is 1. The largest absolute Gasteiger partial charge is 0.387 e. The maximum Gasteiger partial charge on any atom is 0.0920 e. The van der Waals surface area contributed by atoms with Gasteiger partial charge >= 0.3 is 0 Å². The van der Waals surface area contributed by atoms with Crippen molar-refractivity contribution in [3.63, 3.8) is 0 Å². The molecule has 2 heteroatoms. The van der Waals surface area contributed by atoms with Gasteiger partial charge in [0.15, 0.2) is 0 Å². The first-order chi connectivity index (χ1) is 8.18. The summed E-state index contributed by atoms with van der Waals surface area (Å²) in [7, 11) is 0. The molecule has 0 heterocycles. The van der Waals surface area contributed by atoms with E-state index in [1.807, 2.05) is 24.3 Å². The standard InChI is InChI=1S/C15H19NO/c1-11(2)16-10-15(17)14-9-5-7-12-6-3-4-8-13(12)14/h3-9,11,15-17H,10H2,1-2H3/t15-/m0/s1. The Hall–Kier alpha value is -1.38. The van der Waals surface area contributed by atoms with Crippen LogP contribution in [-0.2, 0) is 0 Å². The van der Waals surface area contributed by atoms with Gasteiger partial charge in [0, 0.05) is 12.6 Å². The van der Waals surface area contributed by atoms with Crippen LogP contribution in [0.2, 0.25) is 0 Å². The molecule has 2 rings (SSSR count). The van der Waals surface area contributed by atoms with Crippen molar-refractivity contribution in [1.29, 1.82) is 0 Å². The molecule has 0 aliphatic rings. The molecular formula is C15H19NO. The van der Waals surface area contributed by atoms with Crippen LogP contribution in [-0.4, -0.2) is 17.7 Å². The molecule has 0 aliphatic heterocycles. The number of aliphatic hydroxyl groups is 1. The van der Waals surface area contributed by atoms with Crippen LogP contribution < -0.4 is 5.32 Å². The maximum absolute atomic E-state index is 10.2. The second kappa shape index (κ2) is 5.30. The Morgan fingerprint density at radius 1 is 1.06 bits per heavy atom. The molecular weight excluding hydrogens is 210 g/mol. The zero-order valence-electron chi connectivity index (χ0n) is 10.4. The lowest BCUT2D eigenvalue weighted by molar-refractivity contribution is 0.173. The lowest BCUT2D eigenvalue weighted by Crippen LogP contribution is -2.27. The third-order valence-electron chi connectivity index (χ3n) is 2.90. The molecule has 0 saturated heterocycles. The molecule has 0 spiro atoms. The highest BCUT2D eigenvalue weighted by Crippen LogP contribution is 2.23. The molecule has 2 aromatic carbocycles. The van der Waals surface area contributed by atoms with Crippen molar-refractivity contribution < 1.29 is 5.11 Å². The van der Waals surface area contributed by atoms with Crippen molar-refractivity contribution in [2.24, 2.45) is 0 Å². The molecule has 0 bridgehead atoms. The first-order valence-electron chi connectivity index (χ1n) is 6.07. The monoisotopic (exact) mass is 229 g/mol.